The van der Waals surface area contributed by atoms with Gasteiger partial charge in [-0.25, -0.2) is 14.4 Å². The van der Waals surface area contributed by atoms with E-state index in [4.69, 9.17) is 5.26 Å². The number of alkyl halides is 1. The third-order valence-electron chi connectivity index (χ3n) is 4.65. The Morgan fingerprint density at radius 3 is 2.92 bits per heavy atom. The predicted molar refractivity (Wildman–Crippen MR) is 93.2 cm³/mol. The summed E-state index contributed by atoms with van der Waals surface area (Å²) in [5.74, 6) is 0.421. The van der Waals surface area contributed by atoms with Gasteiger partial charge in [-0.3, -0.25) is 4.90 Å². The first-order valence-corrected chi connectivity index (χ1v) is 8.36. The Bertz CT molecular complexity index is 1040. The summed E-state index contributed by atoms with van der Waals surface area (Å²) in [6.07, 6.45) is 3.67. The summed E-state index contributed by atoms with van der Waals surface area (Å²) in [5.41, 5.74) is 3.43. The van der Waals surface area contributed by atoms with E-state index in [1.54, 1.807) is 18.3 Å². The number of fused-ring (bicyclic) bond motifs is 1. The topological polar surface area (TPSA) is 92.4 Å². The van der Waals surface area contributed by atoms with Crippen LogP contribution in [0.15, 0.2) is 36.5 Å². The highest BCUT2D eigenvalue weighted by Crippen LogP contribution is 2.32. The van der Waals surface area contributed by atoms with E-state index in [0.29, 0.717) is 41.9 Å². The third-order valence-corrected chi connectivity index (χ3v) is 4.65. The Hall–Kier alpha value is -3.45. The first-order valence-electron chi connectivity index (χ1n) is 8.36. The van der Waals surface area contributed by atoms with Crippen LogP contribution in [-0.4, -0.2) is 32.6 Å². The number of pyridine rings is 1. The van der Waals surface area contributed by atoms with E-state index in [9.17, 15) is 9.65 Å². The molecule has 0 amide bonds. The maximum atomic E-state index is 14.4. The predicted octanol–water partition coefficient (Wildman–Crippen LogP) is 3.45. The number of benzene rings is 1. The first kappa shape index (κ1) is 16.0. The van der Waals surface area contributed by atoms with Crippen molar-refractivity contribution < 1.29 is 4.39 Å². The second-order valence-corrected chi connectivity index (χ2v) is 6.31. The van der Waals surface area contributed by atoms with E-state index in [1.807, 2.05) is 18.2 Å². The van der Waals surface area contributed by atoms with Gasteiger partial charge >= 0.3 is 0 Å². The van der Waals surface area contributed by atoms with E-state index in [2.05, 4.69) is 27.2 Å². The number of hydrogen-bond donors (Lipinski definition) is 1. The minimum Gasteiger partial charge on any atom is -0.339 e. The molecule has 1 saturated heterocycles. The molecule has 0 spiro atoms. The van der Waals surface area contributed by atoms with Gasteiger partial charge in [-0.05, 0) is 36.6 Å². The minimum atomic E-state index is -1.14. The normalized spacial score (nSPS) is 19.9. The van der Waals surface area contributed by atoms with Crippen molar-refractivity contribution in [2.24, 2.45) is 0 Å². The van der Waals surface area contributed by atoms with Gasteiger partial charge in [0.25, 0.3) is 0 Å². The Morgan fingerprint density at radius 1 is 1.23 bits per heavy atom. The number of H-pyrrole nitrogens is 1. The zero-order valence-electron chi connectivity index (χ0n) is 13.9. The van der Waals surface area contributed by atoms with Crippen molar-refractivity contribution >= 4 is 11.2 Å². The highest BCUT2D eigenvalue weighted by atomic mass is 19.1. The Balaban J connectivity index is 1.74. The highest BCUT2D eigenvalue weighted by molar-refractivity contribution is 5.78. The summed E-state index contributed by atoms with van der Waals surface area (Å²) in [5, 5.41) is 18.3. The molecule has 0 radical (unpaired) electrons. The van der Waals surface area contributed by atoms with Crippen molar-refractivity contribution in [3.63, 3.8) is 0 Å². The van der Waals surface area contributed by atoms with Crippen LogP contribution in [0.2, 0.25) is 0 Å². The number of halogens is 1. The van der Waals surface area contributed by atoms with E-state index in [0.717, 1.165) is 11.1 Å². The number of rotatable bonds is 2. The van der Waals surface area contributed by atoms with Crippen LogP contribution in [0.5, 0.6) is 0 Å². The maximum absolute atomic E-state index is 14.4. The second-order valence-electron chi connectivity index (χ2n) is 6.31. The lowest BCUT2D eigenvalue weighted by molar-refractivity contribution is 0.105. The highest BCUT2D eigenvalue weighted by Gasteiger charge is 2.34. The molecule has 2 aromatic heterocycles. The molecule has 3 heterocycles. The fourth-order valence-corrected chi connectivity index (χ4v) is 3.36. The van der Waals surface area contributed by atoms with E-state index in [-0.39, 0.29) is 0 Å². The fraction of sp³-hybridized carbons (Fsp3) is 0.263. The van der Waals surface area contributed by atoms with Gasteiger partial charge in [-0.1, -0.05) is 12.1 Å². The molecule has 128 valence electrons. The van der Waals surface area contributed by atoms with Gasteiger partial charge in [0, 0.05) is 18.3 Å². The molecule has 4 rings (SSSR count). The van der Waals surface area contributed by atoms with Crippen molar-refractivity contribution in [1.82, 2.24) is 19.9 Å². The van der Waals surface area contributed by atoms with Crippen LogP contribution in [0.3, 0.4) is 0 Å². The monoisotopic (exact) mass is 346 g/mol. The van der Waals surface area contributed by atoms with Crippen molar-refractivity contribution in [3.05, 3.63) is 47.9 Å². The Morgan fingerprint density at radius 2 is 2.12 bits per heavy atom. The molecule has 6 nitrogen and oxygen atoms in total. The number of piperidine rings is 1. The van der Waals surface area contributed by atoms with Crippen LogP contribution < -0.4 is 0 Å². The molecule has 1 aliphatic heterocycles. The summed E-state index contributed by atoms with van der Waals surface area (Å²) in [6, 6.07) is 10.5. The average Bonchev–Trinajstić information content (AvgIpc) is 3.10. The van der Waals surface area contributed by atoms with E-state index >= 15 is 0 Å². The Labute approximate surface area is 149 Å². The van der Waals surface area contributed by atoms with Crippen LogP contribution in [-0.2, 0) is 0 Å². The third kappa shape index (κ3) is 2.74. The van der Waals surface area contributed by atoms with E-state index in [1.165, 1.54) is 4.90 Å². The lowest BCUT2D eigenvalue weighted by atomic mass is 10.0. The summed E-state index contributed by atoms with van der Waals surface area (Å²) >= 11 is 0. The number of nitrogens with one attached hydrogen (secondary N) is 1. The van der Waals surface area contributed by atoms with Gasteiger partial charge in [0.2, 0.25) is 0 Å². The standard InChI is InChI=1S/C19H15FN6/c20-15-5-2-6-26(11-22)17(15)19-24-16-8-14(10-23-18(16)25-19)13-4-1-3-12(7-13)9-21/h1,3-4,7-8,10,15,17H,2,5-6H2,(H,23,24,25). The van der Waals surface area contributed by atoms with Crippen LogP contribution in [0.4, 0.5) is 4.39 Å². The molecule has 1 N–H and O–H groups in total. The SMILES string of the molecule is N#Cc1cccc(-c2cnc3nc(C4C(F)CCCN4C#N)[nH]c3c2)c1. The van der Waals surface area contributed by atoms with Crippen LogP contribution >= 0.6 is 0 Å². The Kier molecular flexibility index (Phi) is 3.98. The number of nitrogens with zero attached hydrogens (tertiary/aromatic N) is 5. The maximum Gasteiger partial charge on any atom is 0.180 e. The lowest BCUT2D eigenvalue weighted by Crippen LogP contribution is -2.37. The average molecular weight is 346 g/mol. The lowest BCUT2D eigenvalue weighted by Gasteiger charge is -2.32. The number of imidazole rings is 1. The molecule has 3 aromatic rings. The van der Waals surface area contributed by atoms with Gasteiger partial charge in [-0.2, -0.15) is 10.5 Å². The number of likely N-dealkylation sites (tertiary alicyclic amines) is 1. The molecule has 0 aliphatic carbocycles. The molecule has 7 heteroatoms. The molecular formula is C19H15FN6. The summed E-state index contributed by atoms with van der Waals surface area (Å²) in [6.45, 7) is 0.526. The van der Waals surface area contributed by atoms with Gasteiger partial charge < -0.3 is 4.98 Å². The quantitative estimate of drug-likeness (QED) is 0.718. The molecule has 0 saturated carbocycles. The van der Waals surface area contributed by atoms with E-state index < -0.39 is 12.2 Å². The molecule has 1 aromatic carbocycles. The van der Waals surface area contributed by atoms with Crippen molar-refractivity contribution in [2.45, 2.75) is 25.1 Å². The molecule has 2 atom stereocenters. The zero-order chi connectivity index (χ0) is 18.1. The van der Waals surface area contributed by atoms with Crippen molar-refractivity contribution in [1.29, 1.82) is 10.5 Å². The largest absolute Gasteiger partial charge is 0.339 e. The number of nitriles is 2. The van der Waals surface area contributed by atoms with Gasteiger partial charge in [-0.15, -0.1) is 0 Å². The smallest absolute Gasteiger partial charge is 0.180 e. The minimum absolute atomic E-state index is 0.416. The fourth-order valence-electron chi connectivity index (χ4n) is 3.36. The molecule has 1 aliphatic rings. The molecule has 2 unspecified atom stereocenters. The van der Waals surface area contributed by atoms with Crippen LogP contribution in [0.1, 0.15) is 30.3 Å². The van der Waals surface area contributed by atoms with Crippen LogP contribution in [0, 0.1) is 22.8 Å². The summed E-state index contributed by atoms with van der Waals surface area (Å²) in [4.78, 5) is 13.3. The summed E-state index contributed by atoms with van der Waals surface area (Å²) in [7, 11) is 0. The first-order chi connectivity index (χ1) is 12.7. The number of hydrogen-bond acceptors (Lipinski definition) is 5. The molecular weight excluding hydrogens is 331 g/mol. The van der Waals surface area contributed by atoms with Gasteiger partial charge in [0.1, 0.15) is 18.0 Å². The van der Waals surface area contributed by atoms with Crippen LogP contribution in [0.25, 0.3) is 22.3 Å². The number of aromatic nitrogens is 3. The van der Waals surface area contributed by atoms with Gasteiger partial charge in [0.05, 0.1) is 17.1 Å². The second kappa shape index (κ2) is 6.45. The molecule has 1 fully saturated rings. The molecule has 0 bridgehead atoms. The van der Waals surface area contributed by atoms with Crippen molar-refractivity contribution in [2.75, 3.05) is 6.54 Å². The zero-order valence-corrected chi connectivity index (χ0v) is 13.9. The summed E-state index contributed by atoms with van der Waals surface area (Å²) < 4.78 is 14.4. The molecule has 26 heavy (non-hydrogen) atoms. The number of aromatic amines is 1. The van der Waals surface area contributed by atoms with Gasteiger partial charge in [0.15, 0.2) is 11.8 Å². The van der Waals surface area contributed by atoms with Crippen molar-refractivity contribution in [3.8, 4) is 23.4 Å².